The van der Waals surface area contributed by atoms with Crippen molar-refractivity contribution in [2.75, 3.05) is 52.3 Å². The van der Waals surface area contributed by atoms with Crippen LogP contribution in [0.5, 0.6) is 5.75 Å². The van der Waals surface area contributed by atoms with Crippen LogP contribution in [0, 0.1) is 5.92 Å². The Labute approximate surface area is 239 Å². The Morgan fingerprint density at radius 3 is 2.42 bits per heavy atom. The van der Waals surface area contributed by atoms with E-state index in [1.165, 1.54) is 4.31 Å². The van der Waals surface area contributed by atoms with Gasteiger partial charge in [0.1, 0.15) is 5.75 Å². The number of amides is 1. The van der Waals surface area contributed by atoms with Crippen LogP contribution in [0.3, 0.4) is 0 Å². The Bertz CT molecular complexity index is 1210. The van der Waals surface area contributed by atoms with Crippen molar-refractivity contribution in [3.8, 4) is 5.75 Å². The summed E-state index contributed by atoms with van der Waals surface area (Å²) in [5.74, 6) is 0.0412. The van der Waals surface area contributed by atoms with E-state index in [1.807, 2.05) is 51.0 Å². The molecule has 0 bridgehead atoms. The summed E-state index contributed by atoms with van der Waals surface area (Å²) in [6.07, 6.45) is 1.88. The van der Waals surface area contributed by atoms with Gasteiger partial charge >= 0.3 is 0 Å². The van der Waals surface area contributed by atoms with Crippen LogP contribution in [-0.2, 0) is 14.8 Å². The van der Waals surface area contributed by atoms with Crippen LogP contribution < -0.4 is 9.64 Å². The van der Waals surface area contributed by atoms with Crippen molar-refractivity contribution in [3.63, 3.8) is 0 Å². The van der Waals surface area contributed by atoms with E-state index in [9.17, 15) is 18.3 Å². The minimum Gasteiger partial charge on any atom is -0.490 e. The SMILES string of the molecule is C[C@@H]1CCCCO[C@H](CN(C)S(=O)(=O)c2ccccc2)[C@@H](C)CN([C@@H](C)CO)C(=O)c2cc(N(C)C)ccc2O1. The lowest BCUT2D eigenvalue weighted by Crippen LogP contribution is -2.48. The number of anilines is 1. The zero-order valence-corrected chi connectivity index (χ0v) is 25.4. The van der Waals surface area contributed by atoms with Crippen LogP contribution in [0.15, 0.2) is 53.4 Å². The third-order valence-corrected chi connectivity index (χ3v) is 9.28. The fourth-order valence-corrected chi connectivity index (χ4v) is 5.98. The number of aliphatic hydroxyl groups excluding tert-OH is 1. The van der Waals surface area contributed by atoms with Gasteiger partial charge in [0, 0.05) is 52.4 Å². The van der Waals surface area contributed by atoms with Crippen molar-refractivity contribution < 1.29 is 27.8 Å². The number of nitrogens with zero attached hydrogens (tertiary/aromatic N) is 3. The van der Waals surface area contributed by atoms with Gasteiger partial charge in [0.05, 0.1) is 35.3 Å². The first-order chi connectivity index (χ1) is 18.9. The smallest absolute Gasteiger partial charge is 0.258 e. The molecule has 40 heavy (non-hydrogen) atoms. The Morgan fingerprint density at radius 2 is 1.77 bits per heavy atom. The highest BCUT2D eigenvalue weighted by Crippen LogP contribution is 2.29. The van der Waals surface area contributed by atoms with Gasteiger partial charge < -0.3 is 24.4 Å². The number of aliphatic hydroxyl groups is 1. The molecule has 1 heterocycles. The molecule has 2 aromatic rings. The summed E-state index contributed by atoms with van der Waals surface area (Å²) >= 11 is 0. The maximum atomic E-state index is 14.1. The first-order valence-corrected chi connectivity index (χ1v) is 15.4. The largest absolute Gasteiger partial charge is 0.490 e. The molecule has 0 saturated heterocycles. The van der Waals surface area contributed by atoms with E-state index in [0.717, 1.165) is 24.9 Å². The summed E-state index contributed by atoms with van der Waals surface area (Å²) in [7, 11) is 1.67. The monoisotopic (exact) mass is 575 g/mol. The van der Waals surface area contributed by atoms with Crippen molar-refractivity contribution >= 4 is 21.6 Å². The highest BCUT2D eigenvalue weighted by molar-refractivity contribution is 7.89. The summed E-state index contributed by atoms with van der Waals surface area (Å²) < 4.78 is 40.4. The molecule has 1 aliphatic rings. The second-order valence-electron chi connectivity index (χ2n) is 11.0. The van der Waals surface area contributed by atoms with Gasteiger partial charge in [-0.3, -0.25) is 4.79 Å². The van der Waals surface area contributed by atoms with Crippen LogP contribution in [0.1, 0.15) is 50.4 Å². The van der Waals surface area contributed by atoms with Gasteiger partial charge in [-0.15, -0.1) is 0 Å². The highest BCUT2D eigenvalue weighted by Gasteiger charge is 2.32. The van der Waals surface area contributed by atoms with E-state index in [2.05, 4.69) is 0 Å². The number of hydrogen-bond acceptors (Lipinski definition) is 7. The molecular weight excluding hydrogens is 530 g/mol. The Kier molecular flexibility index (Phi) is 11.4. The van der Waals surface area contributed by atoms with E-state index in [-0.39, 0.29) is 42.5 Å². The number of likely N-dealkylation sites (N-methyl/N-ethyl adjacent to an activating group) is 1. The van der Waals surface area contributed by atoms with Gasteiger partial charge in [-0.1, -0.05) is 25.1 Å². The fraction of sp³-hybridized carbons (Fsp3) is 0.567. The van der Waals surface area contributed by atoms with Crippen LogP contribution in [0.25, 0.3) is 0 Å². The normalized spacial score (nSPS) is 22.2. The minimum absolute atomic E-state index is 0.111. The number of carbonyl (C=O) groups is 1. The lowest BCUT2D eigenvalue weighted by atomic mass is 10.0. The zero-order valence-electron chi connectivity index (χ0n) is 24.6. The molecule has 0 fully saturated rings. The molecule has 4 atom stereocenters. The number of sulfonamides is 1. The summed E-state index contributed by atoms with van der Waals surface area (Å²) in [6.45, 7) is 6.40. The quantitative estimate of drug-likeness (QED) is 0.535. The number of rotatable bonds is 7. The molecule has 0 saturated carbocycles. The maximum absolute atomic E-state index is 14.1. The molecule has 0 aromatic heterocycles. The van der Waals surface area contributed by atoms with E-state index < -0.39 is 22.2 Å². The topological polar surface area (TPSA) is 99.6 Å². The molecule has 1 amide bonds. The van der Waals surface area contributed by atoms with E-state index >= 15 is 0 Å². The van der Waals surface area contributed by atoms with Gasteiger partial charge in [0.15, 0.2) is 0 Å². The third-order valence-electron chi connectivity index (χ3n) is 7.44. The highest BCUT2D eigenvalue weighted by atomic mass is 32.2. The molecule has 9 nitrogen and oxygen atoms in total. The van der Waals surface area contributed by atoms with Gasteiger partial charge in [-0.2, -0.15) is 4.31 Å². The van der Waals surface area contributed by atoms with Gasteiger partial charge in [0.25, 0.3) is 5.91 Å². The fourth-order valence-electron chi connectivity index (χ4n) is 4.78. The molecule has 1 N–H and O–H groups in total. The molecule has 3 rings (SSSR count). The molecule has 0 aliphatic carbocycles. The van der Waals surface area contributed by atoms with Crippen molar-refractivity contribution in [1.29, 1.82) is 0 Å². The van der Waals surface area contributed by atoms with Crippen LogP contribution in [0.2, 0.25) is 0 Å². The summed E-state index contributed by atoms with van der Waals surface area (Å²) in [4.78, 5) is 17.9. The standard InChI is InChI=1S/C30H45N3O6S/c1-22-19-33(23(2)21-34)30(35)27-18-25(31(4)5)15-16-28(27)39-24(3)12-10-11-17-38-29(22)20-32(6)40(36,37)26-13-8-7-9-14-26/h7-9,13-16,18,22-24,29,34H,10-12,17,19-21H2,1-6H3/t22-,23-,24+,29+/m0/s1. The molecule has 0 radical (unpaired) electrons. The van der Waals surface area contributed by atoms with Gasteiger partial charge in [-0.25, -0.2) is 8.42 Å². The molecule has 1 aliphatic heterocycles. The average molecular weight is 576 g/mol. The van der Waals surface area contributed by atoms with Crippen molar-refractivity contribution in [3.05, 3.63) is 54.1 Å². The Hall–Kier alpha value is -2.66. The molecule has 0 spiro atoms. The second-order valence-corrected chi connectivity index (χ2v) is 13.0. The van der Waals surface area contributed by atoms with Crippen molar-refractivity contribution in [1.82, 2.24) is 9.21 Å². The predicted molar refractivity (Wildman–Crippen MR) is 157 cm³/mol. The van der Waals surface area contributed by atoms with Crippen LogP contribution in [0.4, 0.5) is 5.69 Å². The van der Waals surface area contributed by atoms with Crippen LogP contribution in [-0.4, -0.2) is 94.3 Å². The van der Waals surface area contributed by atoms with E-state index in [0.29, 0.717) is 17.9 Å². The number of ether oxygens (including phenoxy) is 2. The molecule has 2 aromatic carbocycles. The van der Waals surface area contributed by atoms with Crippen molar-refractivity contribution in [2.45, 2.75) is 63.2 Å². The van der Waals surface area contributed by atoms with Crippen molar-refractivity contribution in [2.24, 2.45) is 5.92 Å². The first-order valence-electron chi connectivity index (χ1n) is 14.0. The number of benzene rings is 2. The summed E-state index contributed by atoms with van der Waals surface area (Å²) in [5, 5.41) is 10.1. The molecular formula is C30H45N3O6S. The molecule has 10 heteroatoms. The molecule has 222 valence electrons. The Balaban J connectivity index is 1.96. The number of carbonyl (C=O) groups excluding carboxylic acids is 1. The van der Waals surface area contributed by atoms with E-state index in [1.54, 1.807) is 49.2 Å². The number of hydrogen-bond donors (Lipinski definition) is 1. The third kappa shape index (κ3) is 7.96. The number of fused-ring (bicyclic) bond motifs is 1. The zero-order chi connectivity index (χ0) is 29.4. The van der Waals surface area contributed by atoms with Gasteiger partial charge in [-0.05, 0) is 63.4 Å². The second kappa shape index (κ2) is 14.3. The summed E-state index contributed by atoms with van der Waals surface area (Å²) in [5.41, 5.74) is 1.30. The predicted octanol–water partition coefficient (Wildman–Crippen LogP) is 3.87. The first kappa shape index (κ1) is 31.9. The molecule has 0 unspecified atom stereocenters. The Morgan fingerprint density at radius 1 is 1.07 bits per heavy atom. The average Bonchev–Trinajstić information content (AvgIpc) is 2.94. The summed E-state index contributed by atoms with van der Waals surface area (Å²) in [6, 6.07) is 13.5. The van der Waals surface area contributed by atoms with Crippen LogP contribution >= 0.6 is 0 Å². The lowest BCUT2D eigenvalue weighted by molar-refractivity contribution is -0.00833. The van der Waals surface area contributed by atoms with Gasteiger partial charge in [0.2, 0.25) is 10.0 Å². The minimum atomic E-state index is -3.72. The maximum Gasteiger partial charge on any atom is 0.258 e. The lowest BCUT2D eigenvalue weighted by Gasteiger charge is -2.35. The van der Waals surface area contributed by atoms with E-state index in [4.69, 9.17) is 9.47 Å².